The van der Waals surface area contributed by atoms with Gasteiger partial charge in [-0.25, -0.2) is 4.98 Å². The third-order valence-electron chi connectivity index (χ3n) is 2.86. The van der Waals surface area contributed by atoms with E-state index in [4.69, 9.17) is 16.7 Å². The summed E-state index contributed by atoms with van der Waals surface area (Å²) in [5.41, 5.74) is 1.76. The molecule has 0 aliphatic carbocycles. The summed E-state index contributed by atoms with van der Waals surface area (Å²) in [6.45, 7) is 7.17. The van der Waals surface area contributed by atoms with Gasteiger partial charge in [0.05, 0.1) is 28.9 Å². The van der Waals surface area contributed by atoms with Gasteiger partial charge in [-0.2, -0.15) is 0 Å². The normalized spacial score (nSPS) is 11.7. The Hall–Kier alpha value is -1.10. The third-order valence-corrected chi connectivity index (χ3v) is 4.61. The molecule has 0 radical (unpaired) electrons. The topological polar surface area (TPSA) is 45.2 Å². The van der Waals surface area contributed by atoms with Crippen LogP contribution in [0.3, 0.4) is 0 Å². The van der Waals surface area contributed by atoms with Crippen molar-refractivity contribution >= 4 is 28.6 Å². The molecule has 0 aliphatic heterocycles. The lowest BCUT2D eigenvalue weighted by Crippen LogP contribution is -2.09. The van der Waals surface area contributed by atoms with E-state index in [-0.39, 0.29) is 12.0 Å². The van der Waals surface area contributed by atoms with Gasteiger partial charge >= 0.3 is 0 Å². The Kier molecular flexibility index (Phi) is 4.68. The number of hydrogen-bond acceptors (Lipinski definition) is 4. The standard InChI is InChI=1S/C15H19ClN2OS/c1-15(2,3)14-18-8-11(20-14)7-17-13-6-10(9-19)4-5-12(13)16/h4-6,8,17,19H,7,9H2,1-3H3. The molecule has 0 saturated heterocycles. The molecule has 3 nitrogen and oxygen atoms in total. The molecule has 2 N–H and O–H groups in total. The lowest BCUT2D eigenvalue weighted by molar-refractivity contribution is 0.282. The van der Waals surface area contributed by atoms with Crippen LogP contribution in [-0.2, 0) is 18.6 Å². The second-order valence-electron chi connectivity index (χ2n) is 5.71. The highest BCUT2D eigenvalue weighted by molar-refractivity contribution is 7.11. The highest BCUT2D eigenvalue weighted by atomic mass is 35.5. The molecule has 20 heavy (non-hydrogen) atoms. The minimum atomic E-state index is 0.0145. The van der Waals surface area contributed by atoms with Gasteiger partial charge in [-0.15, -0.1) is 11.3 Å². The first-order valence-electron chi connectivity index (χ1n) is 6.48. The van der Waals surface area contributed by atoms with Crippen molar-refractivity contribution in [3.8, 4) is 0 Å². The van der Waals surface area contributed by atoms with Gasteiger partial charge in [0.1, 0.15) is 0 Å². The smallest absolute Gasteiger partial charge is 0.0981 e. The fraction of sp³-hybridized carbons (Fsp3) is 0.400. The summed E-state index contributed by atoms with van der Waals surface area (Å²) in [5, 5.41) is 14.2. The van der Waals surface area contributed by atoms with Crippen molar-refractivity contribution in [2.45, 2.75) is 39.3 Å². The summed E-state index contributed by atoms with van der Waals surface area (Å²) in [5.74, 6) is 0. The molecule has 0 unspecified atom stereocenters. The first kappa shape index (κ1) is 15.3. The number of nitrogens with zero attached hydrogens (tertiary/aromatic N) is 1. The van der Waals surface area contributed by atoms with Crippen molar-refractivity contribution < 1.29 is 5.11 Å². The Bertz CT molecular complexity index is 590. The Balaban J connectivity index is 2.07. The quantitative estimate of drug-likeness (QED) is 0.889. The number of rotatable bonds is 4. The zero-order chi connectivity index (χ0) is 14.8. The van der Waals surface area contributed by atoms with E-state index < -0.39 is 0 Å². The Morgan fingerprint density at radius 1 is 1.35 bits per heavy atom. The molecule has 0 amide bonds. The number of aliphatic hydroxyl groups is 1. The van der Waals surface area contributed by atoms with Crippen molar-refractivity contribution in [2.75, 3.05) is 5.32 Å². The maximum Gasteiger partial charge on any atom is 0.0981 e. The van der Waals surface area contributed by atoms with Gasteiger partial charge in [0.25, 0.3) is 0 Å². The molecule has 0 bridgehead atoms. The number of halogens is 1. The minimum absolute atomic E-state index is 0.0145. The van der Waals surface area contributed by atoms with Crippen molar-refractivity contribution in [3.63, 3.8) is 0 Å². The minimum Gasteiger partial charge on any atom is -0.392 e. The summed E-state index contributed by atoms with van der Waals surface area (Å²) < 4.78 is 0. The average Bonchev–Trinajstić information content (AvgIpc) is 2.86. The van der Waals surface area contributed by atoms with Crippen LogP contribution >= 0.6 is 22.9 Å². The van der Waals surface area contributed by atoms with Crippen LogP contribution in [0.25, 0.3) is 0 Å². The highest BCUT2D eigenvalue weighted by Crippen LogP contribution is 2.28. The molecule has 1 heterocycles. The van der Waals surface area contributed by atoms with E-state index in [9.17, 15) is 0 Å². The predicted octanol–water partition coefficient (Wildman–Crippen LogP) is 4.20. The van der Waals surface area contributed by atoms with Crippen LogP contribution in [0.5, 0.6) is 0 Å². The molecule has 2 aromatic rings. The molecule has 0 fully saturated rings. The SMILES string of the molecule is CC(C)(C)c1ncc(CNc2cc(CO)ccc2Cl)s1. The summed E-state index contributed by atoms with van der Waals surface area (Å²) in [7, 11) is 0. The van der Waals surface area contributed by atoms with Crippen LogP contribution in [0.4, 0.5) is 5.69 Å². The summed E-state index contributed by atoms with van der Waals surface area (Å²) >= 11 is 7.85. The van der Waals surface area contributed by atoms with Gasteiger partial charge in [-0.3, -0.25) is 0 Å². The summed E-state index contributed by atoms with van der Waals surface area (Å²) in [4.78, 5) is 5.63. The number of aliphatic hydroxyl groups excluding tert-OH is 1. The second kappa shape index (κ2) is 6.12. The van der Waals surface area contributed by atoms with Crippen molar-refractivity contribution in [3.05, 3.63) is 44.9 Å². The molecule has 0 saturated carbocycles. The molecule has 0 aliphatic rings. The molecule has 1 aromatic heterocycles. The molecular formula is C15H19ClN2OS. The fourth-order valence-electron chi connectivity index (χ4n) is 1.72. The van der Waals surface area contributed by atoms with Crippen LogP contribution in [-0.4, -0.2) is 10.1 Å². The van der Waals surface area contributed by atoms with E-state index in [1.54, 1.807) is 17.4 Å². The first-order valence-corrected chi connectivity index (χ1v) is 7.68. The largest absolute Gasteiger partial charge is 0.392 e. The van der Waals surface area contributed by atoms with Gasteiger partial charge in [-0.1, -0.05) is 38.4 Å². The van der Waals surface area contributed by atoms with Crippen LogP contribution < -0.4 is 5.32 Å². The Labute approximate surface area is 128 Å². The highest BCUT2D eigenvalue weighted by Gasteiger charge is 2.17. The second-order valence-corrected chi connectivity index (χ2v) is 7.23. The zero-order valence-electron chi connectivity index (χ0n) is 11.9. The Morgan fingerprint density at radius 3 is 2.70 bits per heavy atom. The van der Waals surface area contributed by atoms with Gasteiger partial charge in [0, 0.05) is 16.5 Å². The fourth-order valence-corrected chi connectivity index (χ4v) is 2.82. The van der Waals surface area contributed by atoms with E-state index in [1.165, 1.54) is 4.88 Å². The Morgan fingerprint density at radius 2 is 2.10 bits per heavy atom. The molecule has 0 atom stereocenters. The molecule has 2 rings (SSSR count). The van der Waals surface area contributed by atoms with Crippen molar-refractivity contribution in [1.82, 2.24) is 4.98 Å². The predicted molar refractivity (Wildman–Crippen MR) is 85.5 cm³/mol. The molecule has 0 spiro atoms. The first-order chi connectivity index (χ1) is 9.40. The molecule has 5 heteroatoms. The van der Waals surface area contributed by atoms with Gasteiger partial charge in [0.2, 0.25) is 0 Å². The van der Waals surface area contributed by atoms with E-state index in [0.29, 0.717) is 11.6 Å². The number of nitrogens with one attached hydrogen (secondary N) is 1. The third kappa shape index (κ3) is 3.72. The maximum atomic E-state index is 9.15. The van der Waals surface area contributed by atoms with Crippen LogP contribution in [0.15, 0.2) is 24.4 Å². The number of aromatic nitrogens is 1. The van der Waals surface area contributed by atoms with E-state index in [0.717, 1.165) is 16.3 Å². The molecule has 108 valence electrons. The average molecular weight is 311 g/mol. The van der Waals surface area contributed by atoms with Gasteiger partial charge in [-0.05, 0) is 17.7 Å². The monoisotopic (exact) mass is 310 g/mol. The van der Waals surface area contributed by atoms with Gasteiger partial charge < -0.3 is 10.4 Å². The van der Waals surface area contributed by atoms with E-state index in [2.05, 4.69) is 31.1 Å². The van der Waals surface area contributed by atoms with Crippen molar-refractivity contribution in [1.29, 1.82) is 0 Å². The van der Waals surface area contributed by atoms with Crippen molar-refractivity contribution in [2.24, 2.45) is 0 Å². The number of thiazole rings is 1. The molecule has 1 aromatic carbocycles. The van der Waals surface area contributed by atoms with E-state index >= 15 is 0 Å². The zero-order valence-corrected chi connectivity index (χ0v) is 13.5. The lowest BCUT2D eigenvalue weighted by atomic mass is 9.98. The van der Waals surface area contributed by atoms with E-state index in [1.807, 2.05) is 18.3 Å². The van der Waals surface area contributed by atoms with Crippen LogP contribution in [0.2, 0.25) is 5.02 Å². The van der Waals surface area contributed by atoms with Crippen LogP contribution in [0.1, 0.15) is 36.2 Å². The molecular weight excluding hydrogens is 292 g/mol. The number of benzene rings is 1. The summed E-state index contributed by atoms with van der Waals surface area (Å²) in [6.07, 6.45) is 1.90. The number of hydrogen-bond donors (Lipinski definition) is 2. The summed E-state index contributed by atoms with van der Waals surface area (Å²) in [6, 6.07) is 5.48. The lowest BCUT2D eigenvalue weighted by Gasteiger charge is -2.13. The number of anilines is 1. The van der Waals surface area contributed by atoms with Gasteiger partial charge in [0.15, 0.2) is 0 Å². The van der Waals surface area contributed by atoms with Crippen LogP contribution in [0, 0.1) is 0 Å². The maximum absolute atomic E-state index is 9.15.